The zero-order valence-electron chi connectivity index (χ0n) is 9.78. The molecule has 0 aromatic heterocycles. The zero-order valence-corrected chi connectivity index (χ0v) is 13.5. The Kier molecular flexibility index (Phi) is 3.49. The van der Waals surface area contributed by atoms with Gasteiger partial charge >= 0.3 is 0 Å². The summed E-state index contributed by atoms with van der Waals surface area (Å²) in [6, 6.07) is 13.5. The summed E-state index contributed by atoms with van der Waals surface area (Å²) >= 11 is 5.66. The van der Waals surface area contributed by atoms with E-state index in [1.54, 1.807) is 0 Å². The van der Waals surface area contributed by atoms with Gasteiger partial charge in [0.2, 0.25) is 0 Å². The Morgan fingerprint density at radius 2 is 1.89 bits per heavy atom. The van der Waals surface area contributed by atoms with Gasteiger partial charge in [0.15, 0.2) is 0 Å². The van der Waals surface area contributed by atoms with E-state index in [0.717, 1.165) is 21.4 Å². The highest BCUT2D eigenvalue weighted by Gasteiger charge is 2.30. The van der Waals surface area contributed by atoms with Crippen LogP contribution in [0.1, 0.15) is 11.6 Å². The van der Waals surface area contributed by atoms with Crippen molar-refractivity contribution in [2.75, 3.05) is 10.6 Å². The molecule has 0 spiro atoms. The number of rotatable bonds is 2. The Balaban J connectivity index is 1.90. The molecule has 19 heavy (non-hydrogen) atoms. The van der Waals surface area contributed by atoms with Crippen LogP contribution in [0.25, 0.3) is 0 Å². The maximum Gasteiger partial charge on any atom is 0.251 e. The monoisotopic (exact) mass is 428 g/mol. The van der Waals surface area contributed by atoms with Gasteiger partial charge in [-0.2, -0.15) is 0 Å². The van der Waals surface area contributed by atoms with E-state index in [0.29, 0.717) is 0 Å². The molecule has 1 aliphatic rings. The molecule has 96 valence electrons. The fourth-order valence-corrected chi connectivity index (χ4v) is 2.81. The minimum absolute atomic E-state index is 0.0216. The molecule has 3 nitrogen and oxygen atoms in total. The number of halogens is 2. The Hall–Kier alpha value is -1.08. The molecule has 0 saturated heterocycles. The van der Waals surface area contributed by atoms with Crippen LogP contribution in [0.4, 0.5) is 11.4 Å². The normalized spacial score (nSPS) is 16.9. The summed E-state index contributed by atoms with van der Waals surface area (Å²) in [5, 5.41) is 6.15. The van der Waals surface area contributed by atoms with Crippen molar-refractivity contribution in [1.82, 2.24) is 0 Å². The molecule has 0 fully saturated rings. The number of benzene rings is 2. The first kappa shape index (κ1) is 12.9. The fraction of sp³-hybridized carbons (Fsp3) is 0.0714. The summed E-state index contributed by atoms with van der Waals surface area (Å²) in [4.78, 5) is 12.0. The van der Waals surface area contributed by atoms with Gasteiger partial charge < -0.3 is 10.6 Å². The van der Waals surface area contributed by atoms with Crippen LogP contribution in [-0.2, 0) is 4.79 Å². The van der Waals surface area contributed by atoms with Crippen molar-refractivity contribution in [1.29, 1.82) is 0 Å². The summed E-state index contributed by atoms with van der Waals surface area (Å²) in [6.45, 7) is 0. The van der Waals surface area contributed by atoms with E-state index in [9.17, 15) is 4.79 Å². The van der Waals surface area contributed by atoms with Gasteiger partial charge in [0, 0.05) is 25.0 Å². The third-order valence-corrected chi connectivity index (χ3v) is 4.21. The Labute approximate surface area is 133 Å². The van der Waals surface area contributed by atoms with E-state index in [1.807, 2.05) is 42.5 Å². The van der Waals surface area contributed by atoms with Crippen molar-refractivity contribution in [3.05, 3.63) is 56.1 Å². The lowest BCUT2D eigenvalue weighted by Gasteiger charge is -2.13. The van der Waals surface area contributed by atoms with Crippen LogP contribution < -0.4 is 10.6 Å². The maximum atomic E-state index is 12.0. The molecule has 2 aromatic rings. The van der Waals surface area contributed by atoms with Gasteiger partial charge in [0.25, 0.3) is 5.91 Å². The molecule has 5 heteroatoms. The second-order valence-electron chi connectivity index (χ2n) is 4.31. The quantitative estimate of drug-likeness (QED) is 0.705. The Morgan fingerprint density at radius 3 is 2.63 bits per heavy atom. The number of hydrogen-bond acceptors (Lipinski definition) is 2. The molecule has 0 aliphatic carbocycles. The van der Waals surface area contributed by atoms with E-state index >= 15 is 0 Å². The van der Waals surface area contributed by atoms with E-state index in [1.165, 1.54) is 3.57 Å². The molecular weight excluding hydrogens is 419 g/mol. The molecule has 0 bridgehead atoms. The van der Waals surface area contributed by atoms with Crippen LogP contribution in [0.3, 0.4) is 0 Å². The van der Waals surface area contributed by atoms with Gasteiger partial charge in [0.1, 0.15) is 6.04 Å². The minimum Gasteiger partial charge on any atom is -0.370 e. The van der Waals surface area contributed by atoms with Crippen LogP contribution in [0.15, 0.2) is 46.9 Å². The van der Waals surface area contributed by atoms with Crippen molar-refractivity contribution in [2.45, 2.75) is 6.04 Å². The van der Waals surface area contributed by atoms with E-state index in [-0.39, 0.29) is 11.9 Å². The Bertz CT molecular complexity index is 642. The van der Waals surface area contributed by atoms with Crippen molar-refractivity contribution in [2.24, 2.45) is 0 Å². The second kappa shape index (κ2) is 5.13. The number of fused-ring (bicyclic) bond motifs is 1. The summed E-state index contributed by atoms with van der Waals surface area (Å²) < 4.78 is 2.13. The lowest BCUT2D eigenvalue weighted by Crippen LogP contribution is -2.19. The smallest absolute Gasteiger partial charge is 0.251 e. The topological polar surface area (TPSA) is 41.1 Å². The molecule has 2 N–H and O–H groups in total. The maximum absolute atomic E-state index is 12.0. The standard InChI is InChI=1S/C14H10BrIN2O/c15-8-1-6-11-12(7-8)18-14(19)13(11)17-10-4-2-9(16)3-5-10/h1-7,13,17H,(H,18,19). The largest absolute Gasteiger partial charge is 0.370 e. The van der Waals surface area contributed by atoms with Crippen molar-refractivity contribution < 1.29 is 4.79 Å². The molecule has 1 aliphatic heterocycles. The molecule has 3 rings (SSSR count). The number of anilines is 2. The van der Waals surface area contributed by atoms with Gasteiger partial charge in [-0.25, -0.2) is 0 Å². The van der Waals surface area contributed by atoms with Crippen LogP contribution in [-0.4, -0.2) is 5.91 Å². The fourth-order valence-electron chi connectivity index (χ4n) is 2.09. The minimum atomic E-state index is -0.330. The number of hydrogen-bond donors (Lipinski definition) is 2. The van der Waals surface area contributed by atoms with Gasteiger partial charge in [0.05, 0.1) is 0 Å². The van der Waals surface area contributed by atoms with E-state index < -0.39 is 0 Å². The number of nitrogens with one attached hydrogen (secondary N) is 2. The van der Waals surface area contributed by atoms with Crippen molar-refractivity contribution in [3.8, 4) is 0 Å². The van der Waals surface area contributed by atoms with Crippen LogP contribution in [0.2, 0.25) is 0 Å². The van der Waals surface area contributed by atoms with E-state index in [2.05, 4.69) is 49.2 Å². The first-order chi connectivity index (χ1) is 9.13. The summed E-state index contributed by atoms with van der Waals surface area (Å²) in [5.74, 6) is -0.0216. The number of carbonyl (C=O) groups is 1. The highest BCUT2D eigenvalue weighted by molar-refractivity contribution is 14.1. The predicted molar refractivity (Wildman–Crippen MR) is 88.3 cm³/mol. The first-order valence-corrected chi connectivity index (χ1v) is 7.63. The summed E-state index contributed by atoms with van der Waals surface area (Å²) in [6.07, 6.45) is 0. The van der Waals surface area contributed by atoms with Gasteiger partial charge in [-0.15, -0.1) is 0 Å². The lowest BCUT2D eigenvalue weighted by atomic mass is 10.1. The average molecular weight is 429 g/mol. The summed E-state index contributed by atoms with van der Waals surface area (Å²) in [5.41, 5.74) is 2.78. The van der Waals surface area contributed by atoms with Crippen molar-refractivity contribution >= 4 is 55.8 Å². The zero-order chi connectivity index (χ0) is 13.4. The van der Waals surface area contributed by atoms with Gasteiger partial charge in [-0.05, 0) is 59.0 Å². The molecule has 1 heterocycles. The van der Waals surface area contributed by atoms with Crippen LogP contribution in [0, 0.1) is 3.57 Å². The van der Waals surface area contributed by atoms with Crippen LogP contribution >= 0.6 is 38.5 Å². The second-order valence-corrected chi connectivity index (χ2v) is 6.47. The van der Waals surface area contributed by atoms with Gasteiger partial charge in [-0.3, -0.25) is 4.79 Å². The molecular formula is C14H10BrIN2O. The molecule has 1 atom stereocenters. The molecule has 0 radical (unpaired) electrons. The molecule has 1 amide bonds. The summed E-state index contributed by atoms with van der Waals surface area (Å²) in [7, 11) is 0. The third-order valence-electron chi connectivity index (χ3n) is 3.00. The average Bonchev–Trinajstić information content (AvgIpc) is 2.68. The van der Waals surface area contributed by atoms with E-state index in [4.69, 9.17) is 0 Å². The van der Waals surface area contributed by atoms with Gasteiger partial charge in [-0.1, -0.05) is 22.0 Å². The number of carbonyl (C=O) groups excluding carboxylic acids is 1. The molecule has 0 saturated carbocycles. The molecule has 2 aromatic carbocycles. The highest BCUT2D eigenvalue weighted by atomic mass is 127. The lowest BCUT2D eigenvalue weighted by molar-refractivity contribution is -0.116. The SMILES string of the molecule is O=C1Nc2cc(Br)ccc2C1Nc1ccc(I)cc1. The molecule has 1 unspecified atom stereocenters. The Morgan fingerprint density at radius 1 is 1.16 bits per heavy atom. The third kappa shape index (κ3) is 2.62. The first-order valence-electron chi connectivity index (χ1n) is 5.76. The number of amides is 1. The highest BCUT2D eigenvalue weighted by Crippen LogP contribution is 2.35. The predicted octanol–water partition coefficient (Wildman–Crippen LogP) is 4.16. The van der Waals surface area contributed by atoms with Crippen LogP contribution in [0.5, 0.6) is 0 Å². The van der Waals surface area contributed by atoms with Crippen molar-refractivity contribution in [3.63, 3.8) is 0 Å².